The molecular formula is C20H17N5O3. The van der Waals surface area contributed by atoms with Crippen molar-refractivity contribution in [3.8, 4) is 11.4 Å². The van der Waals surface area contributed by atoms with Crippen molar-refractivity contribution in [2.45, 2.75) is 13.5 Å². The molecule has 8 nitrogen and oxygen atoms in total. The van der Waals surface area contributed by atoms with E-state index < -0.39 is 5.91 Å². The van der Waals surface area contributed by atoms with Crippen molar-refractivity contribution >= 4 is 17.5 Å². The van der Waals surface area contributed by atoms with Gasteiger partial charge in [-0.2, -0.15) is 0 Å². The molecule has 0 fully saturated rings. The number of amides is 1. The van der Waals surface area contributed by atoms with Crippen molar-refractivity contribution in [1.29, 1.82) is 0 Å². The van der Waals surface area contributed by atoms with E-state index in [4.69, 9.17) is 8.94 Å². The van der Waals surface area contributed by atoms with Gasteiger partial charge in [0.1, 0.15) is 23.0 Å². The summed E-state index contributed by atoms with van der Waals surface area (Å²) in [5.41, 5.74) is 1.01. The van der Waals surface area contributed by atoms with Gasteiger partial charge in [-0.3, -0.25) is 4.79 Å². The number of aryl methyl sites for hydroxylation is 1. The van der Waals surface area contributed by atoms with Gasteiger partial charge in [0.05, 0.1) is 12.8 Å². The summed E-state index contributed by atoms with van der Waals surface area (Å²) >= 11 is 0. The monoisotopic (exact) mass is 375 g/mol. The van der Waals surface area contributed by atoms with Crippen LogP contribution in [0.15, 0.2) is 69.8 Å². The number of aromatic nitrogens is 3. The van der Waals surface area contributed by atoms with E-state index in [9.17, 15) is 4.79 Å². The molecule has 0 bridgehead atoms. The number of nitrogens with one attached hydrogen (secondary N) is 2. The smallest absolute Gasteiger partial charge is 0.275 e. The van der Waals surface area contributed by atoms with Crippen LogP contribution in [0.2, 0.25) is 0 Å². The highest BCUT2D eigenvalue weighted by atomic mass is 16.5. The molecule has 3 aromatic heterocycles. The summed E-state index contributed by atoms with van der Waals surface area (Å²) in [5.74, 6) is 2.22. The van der Waals surface area contributed by atoms with E-state index in [0.717, 1.165) is 11.3 Å². The maximum atomic E-state index is 12.7. The van der Waals surface area contributed by atoms with E-state index in [1.165, 1.54) is 0 Å². The van der Waals surface area contributed by atoms with Crippen LogP contribution in [0.5, 0.6) is 0 Å². The van der Waals surface area contributed by atoms with Gasteiger partial charge in [0.2, 0.25) is 0 Å². The Morgan fingerprint density at radius 1 is 1.04 bits per heavy atom. The fraction of sp³-hybridized carbons (Fsp3) is 0.100. The molecule has 0 saturated heterocycles. The van der Waals surface area contributed by atoms with E-state index in [1.54, 1.807) is 25.3 Å². The third kappa shape index (κ3) is 4.07. The predicted octanol–water partition coefficient (Wildman–Crippen LogP) is 3.90. The van der Waals surface area contributed by atoms with Crippen LogP contribution >= 0.6 is 0 Å². The predicted molar refractivity (Wildman–Crippen MR) is 103 cm³/mol. The molecule has 0 spiro atoms. The quantitative estimate of drug-likeness (QED) is 0.526. The first-order valence-electron chi connectivity index (χ1n) is 8.63. The Labute approximate surface area is 160 Å². The van der Waals surface area contributed by atoms with Gasteiger partial charge in [-0.05, 0) is 19.1 Å². The summed E-state index contributed by atoms with van der Waals surface area (Å²) in [7, 11) is 0. The van der Waals surface area contributed by atoms with Crippen LogP contribution < -0.4 is 10.6 Å². The molecule has 1 amide bonds. The lowest BCUT2D eigenvalue weighted by Gasteiger charge is -2.09. The zero-order chi connectivity index (χ0) is 19.3. The summed E-state index contributed by atoms with van der Waals surface area (Å²) in [4.78, 5) is 21.6. The average Bonchev–Trinajstić information content (AvgIpc) is 3.38. The minimum absolute atomic E-state index is 0.205. The molecule has 28 heavy (non-hydrogen) atoms. The molecule has 1 aromatic carbocycles. The highest BCUT2D eigenvalue weighted by Crippen LogP contribution is 2.19. The molecule has 8 heteroatoms. The van der Waals surface area contributed by atoms with Gasteiger partial charge in [-0.25, -0.2) is 9.97 Å². The summed E-state index contributed by atoms with van der Waals surface area (Å²) in [6.45, 7) is 2.18. The van der Waals surface area contributed by atoms with Crippen LogP contribution in [0, 0.1) is 6.92 Å². The Kier molecular flexibility index (Phi) is 4.83. The number of benzene rings is 1. The molecule has 0 radical (unpaired) electrons. The second-order valence-electron chi connectivity index (χ2n) is 6.04. The van der Waals surface area contributed by atoms with Crippen LogP contribution in [0.25, 0.3) is 11.4 Å². The van der Waals surface area contributed by atoms with Gasteiger partial charge in [0.15, 0.2) is 11.6 Å². The molecule has 140 valence electrons. The zero-order valence-electron chi connectivity index (χ0n) is 15.0. The standard InChI is InChI=1S/C20H17N5O3/c1-13-10-18(25-28-13)24-20(26)16-11-17(21-12-15-8-5-9-27-15)23-19(22-16)14-6-3-2-4-7-14/h2-11H,12H2,1H3,(H,21,22,23)(H,24,25,26). The molecule has 0 atom stereocenters. The molecule has 2 N–H and O–H groups in total. The van der Waals surface area contributed by atoms with E-state index >= 15 is 0 Å². The Morgan fingerprint density at radius 2 is 1.89 bits per heavy atom. The molecule has 0 unspecified atom stereocenters. The van der Waals surface area contributed by atoms with Gasteiger partial charge >= 0.3 is 0 Å². The van der Waals surface area contributed by atoms with Crippen molar-refractivity contribution in [3.05, 3.63) is 78.1 Å². The van der Waals surface area contributed by atoms with Crippen molar-refractivity contribution in [2.24, 2.45) is 0 Å². The Hall–Kier alpha value is -3.94. The highest BCUT2D eigenvalue weighted by molar-refractivity contribution is 6.03. The number of hydrogen-bond acceptors (Lipinski definition) is 7. The summed E-state index contributed by atoms with van der Waals surface area (Å²) < 4.78 is 10.3. The van der Waals surface area contributed by atoms with E-state index in [0.29, 0.717) is 29.8 Å². The van der Waals surface area contributed by atoms with Crippen molar-refractivity contribution in [1.82, 2.24) is 15.1 Å². The van der Waals surface area contributed by atoms with Gasteiger partial charge < -0.3 is 19.6 Å². The summed E-state index contributed by atoms with van der Waals surface area (Å²) in [6, 6.07) is 16.3. The lowest BCUT2D eigenvalue weighted by atomic mass is 10.2. The van der Waals surface area contributed by atoms with E-state index in [1.807, 2.05) is 42.5 Å². The van der Waals surface area contributed by atoms with Gasteiger partial charge in [-0.1, -0.05) is 35.5 Å². The van der Waals surface area contributed by atoms with Gasteiger partial charge in [-0.15, -0.1) is 0 Å². The number of carbonyl (C=O) groups is 1. The van der Waals surface area contributed by atoms with Crippen LogP contribution in [-0.2, 0) is 6.54 Å². The maximum Gasteiger partial charge on any atom is 0.275 e. The molecular weight excluding hydrogens is 358 g/mol. The molecule has 4 aromatic rings. The third-order valence-corrected chi connectivity index (χ3v) is 3.88. The average molecular weight is 375 g/mol. The van der Waals surface area contributed by atoms with E-state index in [-0.39, 0.29) is 5.69 Å². The maximum absolute atomic E-state index is 12.7. The highest BCUT2D eigenvalue weighted by Gasteiger charge is 2.15. The van der Waals surface area contributed by atoms with Gasteiger partial charge in [0.25, 0.3) is 5.91 Å². The SMILES string of the molecule is Cc1cc(NC(=O)c2cc(NCc3ccco3)nc(-c3ccccc3)n2)no1. The Bertz CT molecular complexity index is 1070. The number of carbonyl (C=O) groups excluding carboxylic acids is 1. The van der Waals surface area contributed by atoms with Gasteiger partial charge in [0, 0.05) is 17.7 Å². The first-order chi connectivity index (χ1) is 13.7. The van der Waals surface area contributed by atoms with Crippen molar-refractivity contribution < 1.29 is 13.7 Å². The normalized spacial score (nSPS) is 10.6. The Balaban J connectivity index is 1.63. The first kappa shape index (κ1) is 17.5. The van der Waals surface area contributed by atoms with Crippen molar-refractivity contribution in [2.75, 3.05) is 10.6 Å². The number of anilines is 2. The van der Waals surface area contributed by atoms with E-state index in [2.05, 4.69) is 25.8 Å². The fourth-order valence-corrected chi connectivity index (χ4v) is 2.57. The van der Waals surface area contributed by atoms with Crippen LogP contribution in [0.3, 0.4) is 0 Å². The minimum atomic E-state index is -0.408. The topological polar surface area (TPSA) is 106 Å². The molecule has 3 heterocycles. The zero-order valence-corrected chi connectivity index (χ0v) is 15.0. The molecule has 0 aliphatic carbocycles. The summed E-state index contributed by atoms with van der Waals surface area (Å²) in [6.07, 6.45) is 1.60. The molecule has 0 aliphatic rings. The van der Waals surface area contributed by atoms with Crippen LogP contribution in [0.1, 0.15) is 22.0 Å². The number of furan rings is 1. The second-order valence-corrected chi connectivity index (χ2v) is 6.04. The fourth-order valence-electron chi connectivity index (χ4n) is 2.57. The lowest BCUT2D eigenvalue weighted by molar-refractivity contribution is 0.102. The van der Waals surface area contributed by atoms with Crippen LogP contribution in [0.4, 0.5) is 11.6 Å². The molecule has 4 rings (SSSR count). The second kappa shape index (κ2) is 7.75. The Morgan fingerprint density at radius 3 is 2.61 bits per heavy atom. The number of rotatable bonds is 6. The summed E-state index contributed by atoms with van der Waals surface area (Å²) in [5, 5.41) is 9.61. The van der Waals surface area contributed by atoms with Crippen molar-refractivity contribution in [3.63, 3.8) is 0 Å². The minimum Gasteiger partial charge on any atom is -0.467 e. The largest absolute Gasteiger partial charge is 0.467 e. The molecule has 0 aliphatic heterocycles. The van der Waals surface area contributed by atoms with Crippen LogP contribution in [-0.4, -0.2) is 21.0 Å². The number of hydrogen-bond donors (Lipinski definition) is 2. The number of nitrogens with zero attached hydrogens (tertiary/aromatic N) is 3. The third-order valence-electron chi connectivity index (χ3n) is 3.88. The first-order valence-corrected chi connectivity index (χ1v) is 8.63. The molecule has 0 saturated carbocycles. The lowest BCUT2D eigenvalue weighted by Crippen LogP contribution is -2.16.